The minimum Gasteiger partial charge on any atom is -0.481 e. The zero-order valence-corrected chi connectivity index (χ0v) is 19.3. The van der Waals surface area contributed by atoms with Crippen molar-refractivity contribution in [1.82, 2.24) is 4.90 Å². The van der Waals surface area contributed by atoms with Crippen molar-refractivity contribution >= 4 is 52.4 Å². The third-order valence-corrected chi connectivity index (χ3v) is 7.47. The van der Waals surface area contributed by atoms with Crippen LogP contribution in [0.5, 0.6) is 0 Å². The van der Waals surface area contributed by atoms with Crippen molar-refractivity contribution in [3.63, 3.8) is 0 Å². The van der Waals surface area contributed by atoms with Gasteiger partial charge in [-0.2, -0.15) is 0 Å². The number of carboxylic acid groups (broad SMARTS) is 1. The number of nitrogens with zero attached hydrogens (tertiary/aromatic N) is 2. The highest BCUT2D eigenvalue weighted by Gasteiger charge is 2.74. The largest absolute Gasteiger partial charge is 0.481 e. The third-order valence-electron chi connectivity index (χ3n) is 7.04. The first kappa shape index (κ1) is 23.0. The molecule has 2 amide bonds. The lowest BCUT2D eigenvalue weighted by molar-refractivity contribution is -0.153. The van der Waals surface area contributed by atoms with Gasteiger partial charge in [0.1, 0.15) is 11.5 Å². The Bertz CT molecular complexity index is 1220. The summed E-state index contributed by atoms with van der Waals surface area (Å²) in [6.45, 7) is -0.834. The number of aliphatic carboxylic acids is 1. The normalized spacial score (nSPS) is 29.1. The number of alkyl halides is 2. The Morgan fingerprint density at radius 3 is 2.47 bits per heavy atom. The SMILES string of the molecule is CN(C(=O)[C@@H]1C(C(=O)O)C2(C(=O)Nc3ccccc32)N2CC(F)(F)C[C@H]12)c1cc(Cl)cc(Cl)c1. The highest BCUT2D eigenvalue weighted by atomic mass is 35.5. The topological polar surface area (TPSA) is 90.0 Å². The van der Waals surface area contributed by atoms with Gasteiger partial charge in [-0.1, -0.05) is 41.4 Å². The van der Waals surface area contributed by atoms with Gasteiger partial charge in [-0.15, -0.1) is 0 Å². The lowest BCUT2D eigenvalue weighted by Gasteiger charge is -2.35. The number of amides is 2. The van der Waals surface area contributed by atoms with Crippen LogP contribution in [0, 0.1) is 11.8 Å². The Morgan fingerprint density at radius 2 is 1.82 bits per heavy atom. The lowest BCUT2D eigenvalue weighted by atomic mass is 9.73. The summed E-state index contributed by atoms with van der Waals surface area (Å²) in [7, 11) is 1.40. The van der Waals surface area contributed by atoms with Gasteiger partial charge in [0.15, 0.2) is 0 Å². The zero-order chi connectivity index (χ0) is 24.6. The van der Waals surface area contributed by atoms with Crippen LogP contribution in [0.25, 0.3) is 0 Å². The molecule has 4 atom stereocenters. The van der Waals surface area contributed by atoms with Gasteiger partial charge in [-0.3, -0.25) is 19.3 Å². The number of para-hydroxylation sites is 1. The molecule has 3 heterocycles. The molecule has 3 aliphatic rings. The van der Waals surface area contributed by atoms with Crippen molar-refractivity contribution in [2.75, 3.05) is 23.8 Å². The molecular weight excluding hydrogens is 491 g/mol. The molecule has 0 aromatic heterocycles. The molecule has 2 unspecified atom stereocenters. The molecule has 178 valence electrons. The second kappa shape index (κ2) is 7.63. The van der Waals surface area contributed by atoms with Gasteiger partial charge in [-0.25, -0.2) is 8.78 Å². The smallest absolute Gasteiger partial charge is 0.310 e. The quantitative estimate of drug-likeness (QED) is 0.655. The summed E-state index contributed by atoms with van der Waals surface area (Å²) in [5.41, 5.74) is -1.05. The van der Waals surface area contributed by atoms with E-state index in [0.29, 0.717) is 5.69 Å². The van der Waals surface area contributed by atoms with Crippen molar-refractivity contribution in [3.8, 4) is 0 Å². The first-order chi connectivity index (χ1) is 16.0. The summed E-state index contributed by atoms with van der Waals surface area (Å²) in [4.78, 5) is 42.2. The summed E-state index contributed by atoms with van der Waals surface area (Å²) < 4.78 is 29.4. The van der Waals surface area contributed by atoms with E-state index < -0.39 is 60.1 Å². The molecule has 2 saturated heterocycles. The average Bonchev–Trinajstić information content (AvgIpc) is 3.32. The van der Waals surface area contributed by atoms with E-state index in [2.05, 4.69) is 5.32 Å². The molecule has 2 N–H and O–H groups in total. The van der Waals surface area contributed by atoms with Gasteiger partial charge < -0.3 is 15.3 Å². The molecule has 2 fully saturated rings. The molecular formula is C23H19Cl2F2N3O4. The standard InChI is InChI=1S/C23H19Cl2F2N3O4/c1-29(13-7-11(24)6-12(25)8-13)19(31)17-16-9-22(26,27)10-30(16)23(18(17)20(32)33)14-4-2-3-5-15(14)28-21(23)34/h2-8,16-18H,9-10H2,1H3,(H,28,34)(H,32,33)/t16-,17+,18?,23?/m1/s1. The van der Waals surface area contributed by atoms with Crippen LogP contribution in [0.3, 0.4) is 0 Å². The number of nitrogens with one attached hydrogen (secondary N) is 1. The second-order valence-corrected chi connectivity index (χ2v) is 9.76. The maximum Gasteiger partial charge on any atom is 0.310 e. The number of benzene rings is 2. The summed E-state index contributed by atoms with van der Waals surface area (Å²) in [6, 6.07) is 9.61. The van der Waals surface area contributed by atoms with Crippen LogP contribution in [0.4, 0.5) is 20.2 Å². The van der Waals surface area contributed by atoms with Crippen LogP contribution in [0.1, 0.15) is 12.0 Å². The molecule has 0 radical (unpaired) electrons. The number of hydrogen-bond acceptors (Lipinski definition) is 4. The van der Waals surface area contributed by atoms with Crippen LogP contribution < -0.4 is 10.2 Å². The van der Waals surface area contributed by atoms with Gasteiger partial charge in [0.2, 0.25) is 5.91 Å². The van der Waals surface area contributed by atoms with Gasteiger partial charge in [-0.05, 0) is 24.3 Å². The van der Waals surface area contributed by atoms with E-state index in [-0.39, 0.29) is 21.3 Å². The average molecular weight is 510 g/mol. The van der Waals surface area contributed by atoms with Crippen LogP contribution in [-0.2, 0) is 19.9 Å². The Kier molecular flexibility index (Phi) is 5.16. The summed E-state index contributed by atoms with van der Waals surface area (Å²) in [5, 5.41) is 13.5. The molecule has 7 nitrogen and oxygen atoms in total. The summed E-state index contributed by atoms with van der Waals surface area (Å²) in [6.07, 6.45) is -0.742. The Hall–Kier alpha value is -2.75. The summed E-state index contributed by atoms with van der Waals surface area (Å²) >= 11 is 12.1. The fraction of sp³-hybridized carbons (Fsp3) is 0.348. The molecule has 1 spiro atoms. The van der Waals surface area contributed by atoms with Crippen molar-refractivity contribution in [2.24, 2.45) is 11.8 Å². The predicted octanol–water partition coefficient (Wildman–Crippen LogP) is 3.84. The fourth-order valence-electron chi connectivity index (χ4n) is 5.80. The monoisotopic (exact) mass is 509 g/mol. The molecule has 11 heteroatoms. The van der Waals surface area contributed by atoms with Gasteiger partial charge in [0, 0.05) is 46.5 Å². The van der Waals surface area contributed by atoms with Crippen molar-refractivity contribution in [1.29, 1.82) is 0 Å². The van der Waals surface area contributed by atoms with Crippen molar-refractivity contribution in [3.05, 3.63) is 58.1 Å². The van der Waals surface area contributed by atoms with Gasteiger partial charge in [0.05, 0.1) is 12.5 Å². The predicted molar refractivity (Wildman–Crippen MR) is 121 cm³/mol. The number of carbonyl (C=O) groups excluding carboxylic acids is 2. The van der Waals surface area contributed by atoms with Crippen molar-refractivity contribution in [2.45, 2.75) is 23.9 Å². The second-order valence-electron chi connectivity index (χ2n) is 8.89. The first-order valence-corrected chi connectivity index (χ1v) is 11.2. The number of anilines is 2. The maximum absolute atomic E-state index is 14.7. The molecule has 0 bridgehead atoms. The highest BCUT2D eigenvalue weighted by Crippen LogP contribution is 2.60. The number of rotatable bonds is 3. The van der Waals surface area contributed by atoms with E-state index in [1.54, 1.807) is 24.3 Å². The molecule has 0 saturated carbocycles. The maximum atomic E-state index is 14.7. The number of carbonyl (C=O) groups is 3. The zero-order valence-electron chi connectivity index (χ0n) is 17.8. The number of fused-ring (bicyclic) bond motifs is 4. The van der Waals surface area contributed by atoms with Crippen molar-refractivity contribution < 1.29 is 28.3 Å². The molecule has 2 aromatic rings. The molecule has 5 rings (SSSR count). The lowest BCUT2D eigenvalue weighted by Crippen LogP contribution is -2.54. The Morgan fingerprint density at radius 1 is 1.18 bits per heavy atom. The molecule has 3 aliphatic heterocycles. The summed E-state index contributed by atoms with van der Waals surface area (Å²) in [5.74, 6) is -9.08. The molecule has 2 aromatic carbocycles. The van der Waals surface area contributed by atoms with Crippen LogP contribution >= 0.6 is 23.2 Å². The Balaban J connectivity index is 1.68. The van der Waals surface area contributed by atoms with E-state index in [1.165, 1.54) is 30.1 Å². The van der Waals surface area contributed by atoms with E-state index >= 15 is 0 Å². The molecule has 0 aliphatic carbocycles. The minimum absolute atomic E-state index is 0.248. The van der Waals surface area contributed by atoms with Crippen LogP contribution in [0.15, 0.2) is 42.5 Å². The number of halogens is 4. The Labute approximate surface area is 203 Å². The van der Waals surface area contributed by atoms with E-state index in [0.717, 1.165) is 4.90 Å². The van der Waals surface area contributed by atoms with E-state index in [9.17, 15) is 28.3 Å². The third kappa shape index (κ3) is 3.14. The number of carboxylic acids is 1. The molecule has 34 heavy (non-hydrogen) atoms. The van der Waals surface area contributed by atoms with Crippen LogP contribution in [0.2, 0.25) is 10.0 Å². The first-order valence-electron chi connectivity index (χ1n) is 10.5. The minimum atomic E-state index is -3.20. The van der Waals surface area contributed by atoms with E-state index in [4.69, 9.17) is 23.2 Å². The van der Waals surface area contributed by atoms with Gasteiger partial charge >= 0.3 is 5.97 Å². The highest BCUT2D eigenvalue weighted by molar-refractivity contribution is 6.35. The van der Waals surface area contributed by atoms with E-state index in [1.807, 2.05) is 0 Å². The van der Waals surface area contributed by atoms with Crippen LogP contribution in [-0.4, -0.2) is 53.3 Å². The van der Waals surface area contributed by atoms with Gasteiger partial charge in [0.25, 0.3) is 11.8 Å². The fourth-order valence-corrected chi connectivity index (χ4v) is 6.31. The number of hydrogen-bond donors (Lipinski definition) is 2.